The van der Waals surface area contributed by atoms with Crippen LogP contribution in [0.4, 0.5) is 0 Å². The van der Waals surface area contributed by atoms with E-state index in [9.17, 15) is 0 Å². The highest BCUT2D eigenvalue weighted by Gasteiger charge is 2.09. The number of alkyl halides is 1. The summed E-state index contributed by atoms with van der Waals surface area (Å²) in [4.78, 5) is 0. The van der Waals surface area contributed by atoms with Gasteiger partial charge < -0.3 is 4.74 Å². The highest BCUT2D eigenvalue weighted by atomic mass is 79.9. The molecular formula is C13H17BrO. The molecule has 0 saturated heterocycles. The van der Waals surface area contributed by atoms with E-state index < -0.39 is 0 Å². The van der Waals surface area contributed by atoms with E-state index in [1.807, 2.05) is 12.1 Å². The lowest BCUT2D eigenvalue weighted by Crippen LogP contribution is -2.09. The van der Waals surface area contributed by atoms with Crippen LogP contribution >= 0.6 is 15.9 Å². The van der Waals surface area contributed by atoms with Crippen LogP contribution in [-0.2, 0) is 4.74 Å². The average Bonchev–Trinajstić information content (AvgIpc) is 2.30. The van der Waals surface area contributed by atoms with Gasteiger partial charge in [0.05, 0.1) is 13.2 Å². The van der Waals surface area contributed by atoms with Gasteiger partial charge in [-0.25, -0.2) is 0 Å². The molecule has 1 aromatic carbocycles. The smallest absolute Gasteiger partial charge is 0.0542 e. The molecular weight excluding hydrogens is 252 g/mol. The Labute approximate surface area is 100 Å². The highest BCUT2D eigenvalue weighted by Crippen LogP contribution is 2.18. The summed E-state index contributed by atoms with van der Waals surface area (Å²) in [5.74, 6) is 0.441. The van der Waals surface area contributed by atoms with E-state index in [1.165, 1.54) is 5.56 Å². The van der Waals surface area contributed by atoms with Gasteiger partial charge in [0.15, 0.2) is 0 Å². The summed E-state index contributed by atoms with van der Waals surface area (Å²) in [7, 11) is 0. The van der Waals surface area contributed by atoms with Gasteiger partial charge in [0.25, 0.3) is 0 Å². The molecule has 0 aliphatic heterocycles. The van der Waals surface area contributed by atoms with Crippen LogP contribution in [0.5, 0.6) is 0 Å². The third-order valence-corrected chi connectivity index (χ3v) is 3.02. The van der Waals surface area contributed by atoms with Gasteiger partial charge in [-0.3, -0.25) is 0 Å². The fourth-order valence-corrected chi connectivity index (χ4v) is 1.91. The third-order valence-electron chi connectivity index (χ3n) is 2.24. The fraction of sp³-hybridized carbons (Fsp3) is 0.385. The van der Waals surface area contributed by atoms with Crippen molar-refractivity contribution in [3.8, 4) is 0 Å². The van der Waals surface area contributed by atoms with Crippen molar-refractivity contribution in [3.05, 3.63) is 48.6 Å². The first-order valence-electron chi connectivity index (χ1n) is 5.18. The molecule has 0 aromatic heterocycles. The number of benzene rings is 1. The molecule has 0 aliphatic rings. The topological polar surface area (TPSA) is 9.23 Å². The number of ether oxygens (including phenoxy) is 1. The Balaban J connectivity index is 2.39. The van der Waals surface area contributed by atoms with Crippen molar-refractivity contribution in [1.82, 2.24) is 0 Å². The van der Waals surface area contributed by atoms with Crippen LogP contribution < -0.4 is 0 Å². The first-order chi connectivity index (χ1) is 7.38. The summed E-state index contributed by atoms with van der Waals surface area (Å²) in [6.45, 7) is 5.20. The molecule has 0 bridgehead atoms. The predicted octanol–water partition coefficient (Wildman–Crippen LogP) is 3.76. The monoisotopic (exact) mass is 268 g/mol. The van der Waals surface area contributed by atoms with E-state index in [0.29, 0.717) is 5.92 Å². The molecule has 2 heteroatoms. The van der Waals surface area contributed by atoms with Crippen molar-refractivity contribution in [3.63, 3.8) is 0 Å². The van der Waals surface area contributed by atoms with Crippen molar-refractivity contribution >= 4 is 15.9 Å². The molecule has 0 radical (unpaired) electrons. The second kappa shape index (κ2) is 7.66. The summed E-state index contributed by atoms with van der Waals surface area (Å²) >= 11 is 3.52. The Morgan fingerprint density at radius 1 is 1.33 bits per heavy atom. The number of hydrogen-bond donors (Lipinski definition) is 0. The molecule has 0 N–H and O–H groups in total. The maximum absolute atomic E-state index is 5.58. The minimum atomic E-state index is 0.441. The van der Waals surface area contributed by atoms with Gasteiger partial charge in [0.2, 0.25) is 0 Å². The van der Waals surface area contributed by atoms with Crippen LogP contribution in [0.3, 0.4) is 0 Å². The SMILES string of the molecule is C=CCCOCC(CBr)c1ccccc1. The minimum absolute atomic E-state index is 0.441. The molecule has 1 atom stereocenters. The third kappa shape index (κ3) is 4.63. The zero-order chi connectivity index (χ0) is 10.9. The summed E-state index contributed by atoms with van der Waals surface area (Å²) in [6, 6.07) is 10.4. The molecule has 1 nitrogen and oxygen atoms in total. The van der Waals surface area contributed by atoms with E-state index in [0.717, 1.165) is 25.0 Å². The van der Waals surface area contributed by atoms with Gasteiger partial charge in [-0.05, 0) is 12.0 Å². The van der Waals surface area contributed by atoms with E-state index in [4.69, 9.17) is 4.74 Å². The standard InChI is InChI=1S/C13H17BrO/c1-2-3-9-15-11-13(10-14)12-7-5-4-6-8-12/h2,4-8,13H,1,3,9-11H2. The maximum Gasteiger partial charge on any atom is 0.0542 e. The molecule has 0 heterocycles. The lowest BCUT2D eigenvalue weighted by molar-refractivity contribution is 0.129. The quantitative estimate of drug-likeness (QED) is 0.416. The van der Waals surface area contributed by atoms with Crippen LogP contribution in [0.15, 0.2) is 43.0 Å². The second-order valence-corrected chi connectivity index (χ2v) is 4.06. The Kier molecular flexibility index (Phi) is 6.37. The zero-order valence-electron chi connectivity index (χ0n) is 8.86. The predicted molar refractivity (Wildman–Crippen MR) is 68.6 cm³/mol. The van der Waals surface area contributed by atoms with Gasteiger partial charge in [0, 0.05) is 11.2 Å². The Morgan fingerprint density at radius 2 is 2.07 bits per heavy atom. The van der Waals surface area contributed by atoms with Crippen LogP contribution in [0.1, 0.15) is 17.9 Å². The summed E-state index contributed by atoms with van der Waals surface area (Å²) in [5, 5.41) is 0.936. The van der Waals surface area contributed by atoms with Gasteiger partial charge in [-0.2, -0.15) is 0 Å². The summed E-state index contributed by atoms with van der Waals surface area (Å²) in [5.41, 5.74) is 1.33. The second-order valence-electron chi connectivity index (χ2n) is 3.41. The molecule has 0 spiro atoms. The zero-order valence-corrected chi connectivity index (χ0v) is 10.4. The lowest BCUT2D eigenvalue weighted by Gasteiger charge is -2.14. The molecule has 0 amide bonds. The molecule has 1 aromatic rings. The first-order valence-corrected chi connectivity index (χ1v) is 6.30. The van der Waals surface area contributed by atoms with Crippen molar-refractivity contribution in [1.29, 1.82) is 0 Å². The van der Waals surface area contributed by atoms with E-state index in [2.05, 4.69) is 46.8 Å². The van der Waals surface area contributed by atoms with E-state index in [-0.39, 0.29) is 0 Å². The van der Waals surface area contributed by atoms with Crippen LogP contribution in [0, 0.1) is 0 Å². The van der Waals surface area contributed by atoms with Gasteiger partial charge in [0.1, 0.15) is 0 Å². The van der Waals surface area contributed by atoms with Crippen molar-refractivity contribution in [2.45, 2.75) is 12.3 Å². The molecule has 0 fully saturated rings. The van der Waals surface area contributed by atoms with Crippen molar-refractivity contribution in [2.75, 3.05) is 18.5 Å². The van der Waals surface area contributed by atoms with Crippen molar-refractivity contribution < 1.29 is 4.74 Å². The number of hydrogen-bond acceptors (Lipinski definition) is 1. The van der Waals surface area contributed by atoms with E-state index in [1.54, 1.807) is 0 Å². The van der Waals surface area contributed by atoms with Crippen LogP contribution in [0.2, 0.25) is 0 Å². The van der Waals surface area contributed by atoms with Crippen molar-refractivity contribution in [2.24, 2.45) is 0 Å². The number of rotatable bonds is 7. The molecule has 1 unspecified atom stereocenters. The molecule has 0 aliphatic carbocycles. The van der Waals surface area contributed by atoms with Gasteiger partial charge >= 0.3 is 0 Å². The normalized spacial score (nSPS) is 12.3. The molecule has 0 saturated carbocycles. The fourth-order valence-electron chi connectivity index (χ4n) is 1.35. The number of halogens is 1. The summed E-state index contributed by atoms with van der Waals surface area (Å²) in [6.07, 6.45) is 2.80. The van der Waals surface area contributed by atoms with Crippen LogP contribution in [0.25, 0.3) is 0 Å². The highest BCUT2D eigenvalue weighted by molar-refractivity contribution is 9.09. The molecule has 15 heavy (non-hydrogen) atoms. The van der Waals surface area contributed by atoms with Gasteiger partial charge in [-0.1, -0.05) is 52.3 Å². The Morgan fingerprint density at radius 3 is 2.67 bits per heavy atom. The minimum Gasteiger partial charge on any atom is -0.380 e. The molecule has 1 rings (SSSR count). The van der Waals surface area contributed by atoms with Crippen LogP contribution in [-0.4, -0.2) is 18.5 Å². The largest absolute Gasteiger partial charge is 0.380 e. The van der Waals surface area contributed by atoms with E-state index >= 15 is 0 Å². The molecule has 82 valence electrons. The maximum atomic E-state index is 5.58. The Bertz CT molecular complexity index is 271. The summed E-state index contributed by atoms with van der Waals surface area (Å²) < 4.78 is 5.58. The first kappa shape index (κ1) is 12.5. The average molecular weight is 269 g/mol. The Hall–Kier alpha value is -0.600. The van der Waals surface area contributed by atoms with Gasteiger partial charge in [-0.15, -0.1) is 6.58 Å². The lowest BCUT2D eigenvalue weighted by atomic mass is 10.0.